The van der Waals surface area contributed by atoms with Gasteiger partial charge in [0.25, 0.3) is 0 Å². The van der Waals surface area contributed by atoms with E-state index in [0.717, 1.165) is 11.7 Å². The van der Waals surface area contributed by atoms with Crippen molar-refractivity contribution in [3.63, 3.8) is 0 Å². The largest absolute Gasteiger partial charge is 0.242 e. The van der Waals surface area contributed by atoms with E-state index in [1.54, 1.807) is 0 Å². The zero-order chi connectivity index (χ0) is 6.97. The molecule has 0 atom stereocenters. The average Bonchev–Trinajstić information content (AvgIpc) is 2.68. The molecule has 0 spiro atoms. The van der Waals surface area contributed by atoms with Crippen molar-refractivity contribution in [2.24, 2.45) is 0 Å². The van der Waals surface area contributed by atoms with Gasteiger partial charge in [0, 0.05) is 17.8 Å². The molecule has 1 heterocycles. The van der Waals surface area contributed by atoms with Crippen LogP contribution in [0.25, 0.3) is 0 Å². The second kappa shape index (κ2) is 2.04. The van der Waals surface area contributed by atoms with E-state index in [1.165, 1.54) is 18.5 Å². The van der Waals surface area contributed by atoms with E-state index in [2.05, 4.69) is 9.97 Å². The summed E-state index contributed by atoms with van der Waals surface area (Å²) in [5, 5.41) is 0. The Kier molecular flexibility index (Phi) is 1.19. The van der Waals surface area contributed by atoms with Gasteiger partial charge in [0.2, 0.25) is 0 Å². The molecule has 1 aliphatic rings. The molecule has 2 nitrogen and oxygen atoms in total. The van der Waals surface area contributed by atoms with Gasteiger partial charge >= 0.3 is 0 Å². The van der Waals surface area contributed by atoms with Crippen molar-refractivity contribution in [2.75, 3.05) is 0 Å². The first-order chi connectivity index (χ1) is 4.86. The van der Waals surface area contributed by atoms with Gasteiger partial charge in [-0.05, 0) is 25.8 Å². The van der Waals surface area contributed by atoms with Crippen molar-refractivity contribution >= 4 is 0 Å². The summed E-state index contributed by atoms with van der Waals surface area (Å²) in [5.74, 6) is 1.64. The fraction of sp³-hybridized carbons (Fsp3) is 0.500. The van der Waals surface area contributed by atoms with Crippen LogP contribution in [0.5, 0.6) is 0 Å². The van der Waals surface area contributed by atoms with E-state index in [9.17, 15) is 0 Å². The van der Waals surface area contributed by atoms with Crippen LogP contribution in [0.3, 0.4) is 0 Å². The molecule has 0 unspecified atom stereocenters. The molecule has 0 amide bonds. The number of rotatable bonds is 1. The Bertz CT molecular complexity index is 241. The van der Waals surface area contributed by atoms with Crippen LogP contribution in [0.2, 0.25) is 0 Å². The van der Waals surface area contributed by atoms with Gasteiger partial charge in [0.1, 0.15) is 5.82 Å². The summed E-state index contributed by atoms with van der Waals surface area (Å²) in [6.07, 6.45) is 4.48. The number of hydrogen-bond acceptors (Lipinski definition) is 2. The minimum atomic E-state index is 0.752. The number of aryl methyl sites for hydroxylation is 1. The summed E-state index contributed by atoms with van der Waals surface area (Å²) in [6, 6.07) is 2.02. The number of nitrogens with zero attached hydrogens (tertiary/aromatic N) is 2. The minimum Gasteiger partial charge on any atom is -0.242 e. The van der Waals surface area contributed by atoms with Crippen LogP contribution in [0.1, 0.15) is 30.3 Å². The summed E-state index contributed by atoms with van der Waals surface area (Å²) in [5.41, 5.74) is 1.23. The highest BCUT2D eigenvalue weighted by atomic mass is 14.9. The van der Waals surface area contributed by atoms with E-state index >= 15 is 0 Å². The first kappa shape index (κ1) is 5.83. The van der Waals surface area contributed by atoms with E-state index < -0.39 is 0 Å². The van der Waals surface area contributed by atoms with Gasteiger partial charge in [-0.25, -0.2) is 9.97 Å². The predicted octanol–water partition coefficient (Wildman–Crippen LogP) is 1.66. The lowest BCUT2D eigenvalue weighted by Crippen LogP contribution is -1.90. The van der Waals surface area contributed by atoms with Crippen LogP contribution < -0.4 is 0 Å². The molecule has 0 N–H and O–H groups in total. The lowest BCUT2D eigenvalue weighted by molar-refractivity contribution is 0.940. The quantitative estimate of drug-likeness (QED) is 0.583. The lowest BCUT2D eigenvalue weighted by atomic mass is 10.3. The summed E-state index contributed by atoms with van der Waals surface area (Å²) >= 11 is 0. The molecule has 52 valence electrons. The fourth-order valence-electron chi connectivity index (χ4n) is 1.08. The molecule has 0 aliphatic heterocycles. The third kappa shape index (κ3) is 1.01. The molecular weight excluding hydrogens is 124 g/mol. The molecule has 1 aliphatic carbocycles. The first-order valence-corrected chi connectivity index (χ1v) is 3.66. The first-order valence-electron chi connectivity index (χ1n) is 3.66. The van der Waals surface area contributed by atoms with Gasteiger partial charge in [-0.3, -0.25) is 0 Å². The molecule has 1 fully saturated rings. The van der Waals surface area contributed by atoms with Gasteiger partial charge in [-0.15, -0.1) is 0 Å². The highest BCUT2D eigenvalue weighted by molar-refractivity contribution is 5.13. The molecule has 1 aromatic rings. The summed E-state index contributed by atoms with van der Waals surface area (Å²) in [4.78, 5) is 8.36. The lowest BCUT2D eigenvalue weighted by Gasteiger charge is -1.95. The Morgan fingerprint density at radius 2 is 2.30 bits per heavy atom. The van der Waals surface area contributed by atoms with Crippen molar-refractivity contribution < 1.29 is 0 Å². The normalized spacial score (nSPS) is 17.3. The zero-order valence-electron chi connectivity index (χ0n) is 6.04. The molecule has 10 heavy (non-hydrogen) atoms. The maximum absolute atomic E-state index is 4.32. The number of aromatic nitrogens is 2. The average molecular weight is 134 g/mol. The third-order valence-corrected chi connectivity index (χ3v) is 1.79. The van der Waals surface area contributed by atoms with E-state index in [-0.39, 0.29) is 0 Å². The monoisotopic (exact) mass is 134 g/mol. The zero-order valence-corrected chi connectivity index (χ0v) is 6.04. The Hall–Kier alpha value is -0.920. The van der Waals surface area contributed by atoms with Crippen molar-refractivity contribution in [3.05, 3.63) is 23.8 Å². The molecule has 0 aromatic carbocycles. The smallest absolute Gasteiger partial charge is 0.125 e. The van der Waals surface area contributed by atoms with Crippen LogP contribution >= 0.6 is 0 Å². The Morgan fingerprint density at radius 3 is 2.90 bits per heavy atom. The van der Waals surface area contributed by atoms with Crippen LogP contribution in [0, 0.1) is 6.92 Å². The molecule has 1 aromatic heterocycles. The molecular formula is C8H10N2. The maximum Gasteiger partial charge on any atom is 0.125 e. The second-order valence-electron chi connectivity index (χ2n) is 2.80. The Labute approximate surface area is 60.3 Å². The van der Waals surface area contributed by atoms with Crippen molar-refractivity contribution in [2.45, 2.75) is 25.7 Å². The summed E-state index contributed by atoms with van der Waals surface area (Å²) < 4.78 is 0. The predicted molar refractivity (Wildman–Crippen MR) is 38.7 cm³/mol. The van der Waals surface area contributed by atoms with Gasteiger partial charge in [0.05, 0.1) is 0 Å². The second-order valence-corrected chi connectivity index (χ2v) is 2.80. The van der Waals surface area contributed by atoms with Crippen LogP contribution in [0.15, 0.2) is 12.3 Å². The van der Waals surface area contributed by atoms with E-state index in [1.807, 2.05) is 19.2 Å². The van der Waals surface area contributed by atoms with Gasteiger partial charge in [-0.2, -0.15) is 0 Å². The van der Waals surface area contributed by atoms with Crippen LogP contribution in [-0.4, -0.2) is 9.97 Å². The highest BCUT2D eigenvalue weighted by Gasteiger charge is 2.24. The van der Waals surface area contributed by atoms with Crippen molar-refractivity contribution in [3.8, 4) is 0 Å². The molecule has 0 bridgehead atoms. The van der Waals surface area contributed by atoms with Gasteiger partial charge < -0.3 is 0 Å². The minimum absolute atomic E-state index is 0.752. The molecule has 0 saturated heterocycles. The molecule has 2 rings (SSSR count). The van der Waals surface area contributed by atoms with Crippen LogP contribution in [0.4, 0.5) is 0 Å². The third-order valence-electron chi connectivity index (χ3n) is 1.79. The SMILES string of the molecule is Cc1nccc(C2CC2)n1. The topological polar surface area (TPSA) is 25.8 Å². The standard InChI is InChI=1S/C8H10N2/c1-6-9-5-4-8(10-6)7-2-3-7/h4-5,7H,2-3H2,1H3. The maximum atomic E-state index is 4.32. The summed E-state index contributed by atoms with van der Waals surface area (Å²) in [6.45, 7) is 1.94. The molecule has 2 heteroatoms. The summed E-state index contributed by atoms with van der Waals surface area (Å²) in [7, 11) is 0. The Morgan fingerprint density at radius 1 is 1.50 bits per heavy atom. The van der Waals surface area contributed by atoms with E-state index in [0.29, 0.717) is 0 Å². The fourth-order valence-corrected chi connectivity index (χ4v) is 1.08. The van der Waals surface area contributed by atoms with Crippen molar-refractivity contribution in [1.29, 1.82) is 0 Å². The van der Waals surface area contributed by atoms with Crippen molar-refractivity contribution in [1.82, 2.24) is 9.97 Å². The van der Waals surface area contributed by atoms with E-state index in [4.69, 9.17) is 0 Å². The molecule has 0 radical (unpaired) electrons. The molecule has 1 saturated carbocycles. The highest BCUT2D eigenvalue weighted by Crippen LogP contribution is 2.38. The van der Waals surface area contributed by atoms with Gasteiger partial charge in [-0.1, -0.05) is 0 Å². The van der Waals surface area contributed by atoms with Gasteiger partial charge in [0.15, 0.2) is 0 Å². The van der Waals surface area contributed by atoms with Crippen LogP contribution in [-0.2, 0) is 0 Å². The number of hydrogen-bond donors (Lipinski definition) is 0. The Balaban J connectivity index is 2.32.